The van der Waals surface area contributed by atoms with Crippen LogP contribution in [0.5, 0.6) is 0 Å². The van der Waals surface area contributed by atoms with E-state index >= 15 is 0 Å². The Morgan fingerprint density at radius 3 is 2.40 bits per heavy atom. The number of amides is 3. The first-order chi connectivity index (χ1) is 11.8. The number of aryl methyl sites for hydroxylation is 2. The van der Waals surface area contributed by atoms with Crippen LogP contribution in [-0.2, 0) is 14.4 Å². The summed E-state index contributed by atoms with van der Waals surface area (Å²) in [6.07, 6.45) is 3.74. The Labute approximate surface area is 144 Å². The van der Waals surface area contributed by atoms with Gasteiger partial charge in [-0.15, -0.1) is 5.10 Å². The number of hydrogen-bond acceptors (Lipinski definition) is 5. The molecule has 2 heterocycles. The highest BCUT2D eigenvalue weighted by Crippen LogP contribution is 2.18. The first-order valence-electron chi connectivity index (χ1n) is 7.66. The van der Waals surface area contributed by atoms with Gasteiger partial charge in [0.25, 0.3) is 17.7 Å². The summed E-state index contributed by atoms with van der Waals surface area (Å²) in [5.74, 6) is -1.03. The summed E-state index contributed by atoms with van der Waals surface area (Å²) >= 11 is 0. The van der Waals surface area contributed by atoms with Crippen molar-refractivity contribution in [3.05, 3.63) is 41.7 Å². The first kappa shape index (κ1) is 16.6. The molecule has 8 heteroatoms. The molecule has 1 aromatic heterocycles. The Balaban J connectivity index is 1.77. The van der Waals surface area contributed by atoms with Crippen molar-refractivity contribution in [3.63, 3.8) is 0 Å². The van der Waals surface area contributed by atoms with Gasteiger partial charge in [-0.3, -0.25) is 14.4 Å². The van der Waals surface area contributed by atoms with E-state index in [0.717, 1.165) is 26.7 Å². The van der Waals surface area contributed by atoms with E-state index in [0.29, 0.717) is 5.82 Å². The maximum Gasteiger partial charge on any atom is 0.273 e. The molecule has 3 amide bonds. The zero-order valence-electron chi connectivity index (χ0n) is 14.1. The summed E-state index contributed by atoms with van der Waals surface area (Å²) in [4.78, 5) is 39.5. The monoisotopic (exact) mass is 339 g/mol. The fraction of sp³-hybridized carbons (Fsp3) is 0.235. The lowest BCUT2D eigenvalue weighted by molar-refractivity contribution is -0.155. The van der Waals surface area contributed by atoms with Gasteiger partial charge in [-0.2, -0.15) is 5.01 Å². The fourth-order valence-corrected chi connectivity index (χ4v) is 2.66. The third-order valence-corrected chi connectivity index (χ3v) is 3.77. The van der Waals surface area contributed by atoms with E-state index in [1.807, 2.05) is 26.0 Å². The van der Waals surface area contributed by atoms with Gasteiger partial charge in [-0.05, 0) is 26.0 Å². The average molecular weight is 339 g/mol. The van der Waals surface area contributed by atoms with Crippen LogP contribution in [0, 0.1) is 13.8 Å². The maximum atomic E-state index is 12.1. The molecule has 0 aliphatic carbocycles. The lowest BCUT2D eigenvalue weighted by Gasteiger charge is -2.19. The molecule has 1 aromatic carbocycles. The zero-order chi connectivity index (χ0) is 18.1. The molecule has 0 atom stereocenters. The second kappa shape index (κ2) is 6.31. The third kappa shape index (κ3) is 3.32. The number of nitrogens with zero attached hydrogens (tertiary/aromatic N) is 5. The number of carbonyl (C=O) groups excluding carboxylic acids is 3. The number of carbonyl (C=O) groups is 3. The highest BCUT2D eigenvalue weighted by Gasteiger charge is 2.36. The molecule has 1 saturated heterocycles. The predicted molar refractivity (Wildman–Crippen MR) is 89.5 cm³/mol. The summed E-state index contributed by atoms with van der Waals surface area (Å²) in [5.41, 5.74) is 3.10. The molecule has 0 radical (unpaired) electrons. The normalized spacial score (nSPS) is 14.8. The minimum absolute atomic E-state index is 0.295. The van der Waals surface area contributed by atoms with Gasteiger partial charge in [-0.25, -0.2) is 14.7 Å². The molecule has 0 unspecified atom stereocenters. The topological polar surface area (TPSA) is 88.4 Å². The van der Waals surface area contributed by atoms with Crippen molar-refractivity contribution in [3.8, 4) is 11.4 Å². The highest BCUT2D eigenvalue weighted by atomic mass is 16.2. The van der Waals surface area contributed by atoms with E-state index in [2.05, 4.69) is 16.1 Å². The van der Waals surface area contributed by atoms with Gasteiger partial charge in [0.05, 0.1) is 0 Å². The molecular formula is C17H17N5O3. The summed E-state index contributed by atoms with van der Waals surface area (Å²) in [5, 5.41) is 6.11. The van der Waals surface area contributed by atoms with Gasteiger partial charge < -0.3 is 0 Å². The van der Waals surface area contributed by atoms with Crippen LogP contribution in [0.25, 0.3) is 17.6 Å². The summed E-state index contributed by atoms with van der Waals surface area (Å²) in [6.45, 7) is 3.99. The van der Waals surface area contributed by atoms with Crippen LogP contribution in [-0.4, -0.2) is 49.6 Å². The van der Waals surface area contributed by atoms with Crippen molar-refractivity contribution in [1.82, 2.24) is 24.8 Å². The molecule has 25 heavy (non-hydrogen) atoms. The smallest absolute Gasteiger partial charge is 0.272 e. The number of benzene rings is 1. The molecule has 1 fully saturated rings. The summed E-state index contributed by atoms with van der Waals surface area (Å²) < 4.78 is 1.38. The Kier molecular flexibility index (Phi) is 4.18. The zero-order valence-corrected chi connectivity index (χ0v) is 14.1. The van der Waals surface area contributed by atoms with Gasteiger partial charge in [-0.1, -0.05) is 17.2 Å². The van der Waals surface area contributed by atoms with Crippen molar-refractivity contribution in [2.24, 2.45) is 0 Å². The van der Waals surface area contributed by atoms with E-state index in [1.165, 1.54) is 30.3 Å². The lowest BCUT2D eigenvalue weighted by atomic mass is 10.1. The van der Waals surface area contributed by atoms with Gasteiger partial charge in [0, 0.05) is 24.9 Å². The lowest BCUT2D eigenvalue weighted by Crippen LogP contribution is -2.41. The van der Waals surface area contributed by atoms with E-state index in [4.69, 9.17) is 0 Å². The Hall–Kier alpha value is -3.29. The van der Waals surface area contributed by atoms with Crippen molar-refractivity contribution in [2.75, 3.05) is 7.05 Å². The highest BCUT2D eigenvalue weighted by molar-refractivity contribution is 6.12. The molecule has 8 nitrogen and oxygen atoms in total. The molecule has 128 valence electrons. The summed E-state index contributed by atoms with van der Waals surface area (Å²) in [6, 6.07) is 6.01. The van der Waals surface area contributed by atoms with Crippen molar-refractivity contribution < 1.29 is 14.4 Å². The second-order valence-corrected chi connectivity index (χ2v) is 5.88. The largest absolute Gasteiger partial charge is 0.273 e. The fourth-order valence-electron chi connectivity index (χ4n) is 2.66. The third-order valence-electron chi connectivity index (χ3n) is 3.77. The average Bonchev–Trinajstić information content (AvgIpc) is 3.09. The minimum Gasteiger partial charge on any atom is -0.272 e. The quantitative estimate of drug-likeness (QED) is 0.618. The first-order valence-corrected chi connectivity index (χ1v) is 7.66. The van der Waals surface area contributed by atoms with E-state index in [1.54, 1.807) is 0 Å². The number of imide groups is 1. The molecule has 0 N–H and O–H groups in total. The van der Waals surface area contributed by atoms with Crippen molar-refractivity contribution in [1.29, 1.82) is 0 Å². The second-order valence-electron chi connectivity index (χ2n) is 5.88. The van der Waals surface area contributed by atoms with E-state index in [-0.39, 0.29) is 6.42 Å². The van der Waals surface area contributed by atoms with Gasteiger partial charge in [0.15, 0.2) is 5.82 Å². The number of aromatic nitrogens is 3. The van der Waals surface area contributed by atoms with E-state index in [9.17, 15) is 14.4 Å². The van der Waals surface area contributed by atoms with Gasteiger partial charge >= 0.3 is 0 Å². The van der Waals surface area contributed by atoms with Crippen LogP contribution in [0.1, 0.15) is 17.5 Å². The molecule has 3 rings (SSSR count). The van der Waals surface area contributed by atoms with Crippen LogP contribution in [0.15, 0.2) is 30.6 Å². The van der Waals surface area contributed by atoms with Gasteiger partial charge in [0.1, 0.15) is 12.7 Å². The Bertz CT molecular complexity index is 879. The van der Waals surface area contributed by atoms with Crippen LogP contribution >= 0.6 is 0 Å². The number of hydrogen-bond donors (Lipinski definition) is 0. The van der Waals surface area contributed by atoms with Crippen LogP contribution in [0.2, 0.25) is 0 Å². The molecule has 2 aromatic rings. The van der Waals surface area contributed by atoms with Crippen LogP contribution in [0.3, 0.4) is 0 Å². The van der Waals surface area contributed by atoms with Crippen molar-refractivity contribution in [2.45, 2.75) is 20.3 Å². The molecule has 1 aliphatic rings. The molecule has 0 saturated carbocycles. The van der Waals surface area contributed by atoms with Crippen molar-refractivity contribution >= 4 is 23.9 Å². The number of hydrazine groups is 1. The molecule has 0 spiro atoms. The van der Waals surface area contributed by atoms with Gasteiger partial charge in [0.2, 0.25) is 0 Å². The van der Waals surface area contributed by atoms with E-state index < -0.39 is 17.7 Å². The Morgan fingerprint density at radius 2 is 1.80 bits per heavy atom. The number of rotatable bonds is 3. The van der Waals surface area contributed by atoms with Crippen LogP contribution < -0.4 is 0 Å². The SMILES string of the molecule is Cc1cc(C)cc(-c2ncn(/C=C\C(=O)N3C(=O)CC(=O)N3C)n2)c1. The van der Waals surface area contributed by atoms with Crippen LogP contribution in [0.4, 0.5) is 0 Å². The standard InChI is InChI=1S/C17H17N5O3/c1-11-6-12(2)8-13(7-11)17-18-10-21(19-17)5-4-14(23)22-16(25)9-15(24)20(22)3/h4-8,10H,9H2,1-3H3/b5-4-. The minimum atomic E-state index is -0.609. The summed E-state index contributed by atoms with van der Waals surface area (Å²) in [7, 11) is 1.38. The predicted octanol–water partition coefficient (Wildman–Crippen LogP) is 1.16. The molecular weight excluding hydrogens is 322 g/mol. The molecule has 0 bridgehead atoms. The Morgan fingerprint density at radius 1 is 1.12 bits per heavy atom. The molecule has 1 aliphatic heterocycles. The maximum absolute atomic E-state index is 12.1.